The van der Waals surface area contributed by atoms with Gasteiger partial charge >= 0.3 is 0 Å². The molecule has 0 fully saturated rings. The Bertz CT molecular complexity index is 539. The van der Waals surface area contributed by atoms with Crippen molar-refractivity contribution in [3.05, 3.63) is 46.4 Å². The Hall–Kier alpha value is -1.88. The lowest BCUT2D eigenvalue weighted by Crippen LogP contribution is -2.27. The van der Waals surface area contributed by atoms with E-state index in [1.807, 2.05) is 36.6 Å². The van der Waals surface area contributed by atoms with Crippen LogP contribution < -0.4 is 5.32 Å². The third kappa shape index (κ3) is 3.32. The fourth-order valence-corrected chi connectivity index (χ4v) is 2.40. The highest BCUT2D eigenvalue weighted by molar-refractivity contribution is 7.07. The molecule has 1 aromatic heterocycles. The van der Waals surface area contributed by atoms with Gasteiger partial charge < -0.3 is 10.2 Å². The standard InChI is InChI=1S/C14H17N3OS/c1-3-15-13-7-5-4-6-12(13)14(18)17(2)8-11-9-19-10-16-11/h4-7,9-10,15H,3,8H2,1-2H3. The summed E-state index contributed by atoms with van der Waals surface area (Å²) in [5, 5.41) is 5.17. The van der Waals surface area contributed by atoms with Crippen LogP contribution in [0.3, 0.4) is 0 Å². The number of aromatic nitrogens is 1. The normalized spacial score (nSPS) is 10.2. The molecule has 1 aromatic carbocycles. The van der Waals surface area contributed by atoms with E-state index in [0.29, 0.717) is 12.1 Å². The van der Waals surface area contributed by atoms with Gasteiger partial charge in [-0.15, -0.1) is 11.3 Å². The van der Waals surface area contributed by atoms with Crippen molar-refractivity contribution in [2.75, 3.05) is 18.9 Å². The van der Waals surface area contributed by atoms with E-state index >= 15 is 0 Å². The molecule has 0 aliphatic heterocycles. The molecular formula is C14H17N3OS. The molecule has 0 radical (unpaired) electrons. The van der Waals surface area contributed by atoms with Gasteiger partial charge in [-0.3, -0.25) is 4.79 Å². The zero-order chi connectivity index (χ0) is 13.7. The maximum Gasteiger partial charge on any atom is 0.256 e. The molecular weight excluding hydrogens is 258 g/mol. The molecule has 100 valence electrons. The van der Waals surface area contributed by atoms with Crippen molar-refractivity contribution in [2.45, 2.75) is 13.5 Å². The average Bonchev–Trinajstić information content (AvgIpc) is 2.92. The smallest absolute Gasteiger partial charge is 0.256 e. The molecule has 19 heavy (non-hydrogen) atoms. The second-order valence-electron chi connectivity index (χ2n) is 4.22. The number of rotatable bonds is 5. The van der Waals surface area contributed by atoms with Gasteiger partial charge in [0, 0.05) is 24.7 Å². The number of hydrogen-bond acceptors (Lipinski definition) is 4. The van der Waals surface area contributed by atoms with E-state index in [9.17, 15) is 4.79 Å². The molecule has 1 amide bonds. The van der Waals surface area contributed by atoms with Gasteiger partial charge in [0.25, 0.3) is 5.91 Å². The van der Waals surface area contributed by atoms with E-state index in [2.05, 4.69) is 10.3 Å². The van der Waals surface area contributed by atoms with Gasteiger partial charge in [-0.1, -0.05) is 12.1 Å². The Morgan fingerprint density at radius 2 is 2.21 bits per heavy atom. The lowest BCUT2D eigenvalue weighted by molar-refractivity contribution is 0.0784. The predicted octanol–water partition coefficient (Wildman–Crippen LogP) is 2.85. The molecule has 0 saturated carbocycles. The number of anilines is 1. The van der Waals surface area contributed by atoms with Crippen LogP contribution in [0.2, 0.25) is 0 Å². The average molecular weight is 275 g/mol. The summed E-state index contributed by atoms with van der Waals surface area (Å²) in [6, 6.07) is 7.57. The number of carbonyl (C=O) groups excluding carboxylic acids is 1. The quantitative estimate of drug-likeness (QED) is 0.912. The van der Waals surface area contributed by atoms with Gasteiger partial charge in [-0.25, -0.2) is 4.98 Å². The van der Waals surface area contributed by atoms with Crippen LogP contribution in [0.4, 0.5) is 5.69 Å². The number of thiazole rings is 1. The van der Waals surface area contributed by atoms with Crippen molar-refractivity contribution >= 4 is 22.9 Å². The minimum atomic E-state index is 0.00421. The van der Waals surface area contributed by atoms with Crippen LogP contribution in [0.5, 0.6) is 0 Å². The van der Waals surface area contributed by atoms with Gasteiger partial charge in [0.15, 0.2) is 0 Å². The summed E-state index contributed by atoms with van der Waals surface area (Å²) < 4.78 is 0. The van der Waals surface area contributed by atoms with E-state index < -0.39 is 0 Å². The van der Waals surface area contributed by atoms with Crippen LogP contribution in [-0.4, -0.2) is 29.4 Å². The van der Waals surface area contributed by atoms with Gasteiger partial charge in [-0.2, -0.15) is 0 Å². The van der Waals surface area contributed by atoms with E-state index in [1.165, 1.54) is 11.3 Å². The largest absolute Gasteiger partial charge is 0.385 e. The molecule has 0 saturated heterocycles. The first-order chi connectivity index (χ1) is 9.22. The minimum Gasteiger partial charge on any atom is -0.385 e. The zero-order valence-corrected chi connectivity index (χ0v) is 11.9. The second-order valence-corrected chi connectivity index (χ2v) is 4.94. The highest BCUT2D eigenvalue weighted by atomic mass is 32.1. The molecule has 5 heteroatoms. The van der Waals surface area contributed by atoms with Gasteiger partial charge in [0.05, 0.1) is 23.3 Å². The number of benzene rings is 1. The van der Waals surface area contributed by atoms with Crippen molar-refractivity contribution in [1.29, 1.82) is 0 Å². The van der Waals surface area contributed by atoms with Gasteiger partial charge in [0.1, 0.15) is 0 Å². The first-order valence-corrected chi connectivity index (χ1v) is 7.12. The Kier molecular flexibility index (Phi) is 4.52. The maximum atomic E-state index is 12.4. The Balaban J connectivity index is 2.14. The van der Waals surface area contributed by atoms with Crippen LogP contribution in [0.25, 0.3) is 0 Å². The summed E-state index contributed by atoms with van der Waals surface area (Å²) in [4.78, 5) is 18.3. The predicted molar refractivity (Wildman–Crippen MR) is 78.5 cm³/mol. The van der Waals surface area contributed by atoms with Crippen LogP contribution in [0.1, 0.15) is 23.0 Å². The number of nitrogens with zero attached hydrogens (tertiary/aromatic N) is 2. The van der Waals surface area contributed by atoms with Crippen LogP contribution >= 0.6 is 11.3 Å². The van der Waals surface area contributed by atoms with Crippen LogP contribution in [0.15, 0.2) is 35.2 Å². The van der Waals surface area contributed by atoms with Crippen LogP contribution in [0, 0.1) is 0 Å². The lowest BCUT2D eigenvalue weighted by Gasteiger charge is -2.18. The second kappa shape index (κ2) is 6.33. The SMILES string of the molecule is CCNc1ccccc1C(=O)N(C)Cc1cscn1. The Morgan fingerprint density at radius 1 is 1.42 bits per heavy atom. The fraction of sp³-hybridized carbons (Fsp3) is 0.286. The summed E-state index contributed by atoms with van der Waals surface area (Å²) in [6.45, 7) is 3.34. The molecule has 0 unspecified atom stereocenters. The van der Waals surface area contributed by atoms with E-state index in [0.717, 1.165) is 17.9 Å². The monoisotopic (exact) mass is 275 g/mol. The summed E-state index contributed by atoms with van der Waals surface area (Å²) >= 11 is 1.54. The third-order valence-corrected chi connectivity index (χ3v) is 3.39. The summed E-state index contributed by atoms with van der Waals surface area (Å²) in [7, 11) is 1.80. The maximum absolute atomic E-state index is 12.4. The van der Waals surface area contributed by atoms with Crippen molar-refractivity contribution in [2.24, 2.45) is 0 Å². The summed E-state index contributed by atoms with van der Waals surface area (Å²) in [5.41, 5.74) is 4.27. The topological polar surface area (TPSA) is 45.2 Å². The Labute approximate surface area is 117 Å². The Morgan fingerprint density at radius 3 is 2.89 bits per heavy atom. The van der Waals surface area contributed by atoms with E-state index in [-0.39, 0.29) is 5.91 Å². The third-order valence-electron chi connectivity index (χ3n) is 2.75. The van der Waals surface area contributed by atoms with E-state index in [4.69, 9.17) is 0 Å². The summed E-state index contributed by atoms with van der Waals surface area (Å²) in [5.74, 6) is 0.00421. The van der Waals surface area contributed by atoms with Crippen molar-refractivity contribution in [1.82, 2.24) is 9.88 Å². The van der Waals surface area contributed by atoms with Gasteiger partial charge in [0.2, 0.25) is 0 Å². The number of carbonyl (C=O) groups is 1. The number of amides is 1. The fourth-order valence-electron chi connectivity index (χ4n) is 1.85. The first-order valence-electron chi connectivity index (χ1n) is 6.17. The summed E-state index contributed by atoms with van der Waals surface area (Å²) in [6.07, 6.45) is 0. The minimum absolute atomic E-state index is 0.00421. The van der Waals surface area contributed by atoms with Crippen molar-refractivity contribution in [3.8, 4) is 0 Å². The molecule has 0 atom stereocenters. The molecule has 2 aromatic rings. The van der Waals surface area contributed by atoms with Gasteiger partial charge in [-0.05, 0) is 19.1 Å². The molecule has 4 nitrogen and oxygen atoms in total. The number of hydrogen-bond donors (Lipinski definition) is 1. The number of para-hydroxylation sites is 1. The van der Waals surface area contributed by atoms with Crippen molar-refractivity contribution < 1.29 is 4.79 Å². The zero-order valence-electron chi connectivity index (χ0n) is 11.1. The lowest BCUT2D eigenvalue weighted by atomic mass is 10.1. The highest BCUT2D eigenvalue weighted by Gasteiger charge is 2.15. The van der Waals surface area contributed by atoms with E-state index in [1.54, 1.807) is 17.5 Å². The molecule has 0 spiro atoms. The molecule has 0 bridgehead atoms. The molecule has 1 N–H and O–H groups in total. The van der Waals surface area contributed by atoms with Crippen LogP contribution in [-0.2, 0) is 6.54 Å². The first kappa shape index (κ1) is 13.5. The number of nitrogens with one attached hydrogen (secondary N) is 1. The highest BCUT2D eigenvalue weighted by Crippen LogP contribution is 2.17. The molecule has 0 aliphatic rings. The molecule has 2 rings (SSSR count). The molecule has 1 heterocycles. The van der Waals surface area contributed by atoms with Crippen molar-refractivity contribution in [3.63, 3.8) is 0 Å². The molecule has 0 aliphatic carbocycles.